The average Bonchev–Trinajstić information content (AvgIpc) is 2.97. The Balaban J connectivity index is 1.79. The number of rotatable bonds is 5. The summed E-state index contributed by atoms with van der Waals surface area (Å²) in [5.41, 5.74) is 1.47. The quantitative estimate of drug-likeness (QED) is 0.722. The molecule has 0 aliphatic carbocycles. The van der Waals surface area contributed by atoms with E-state index in [1.54, 1.807) is 25.3 Å². The molecule has 24 heavy (non-hydrogen) atoms. The second-order valence-electron chi connectivity index (χ2n) is 5.62. The van der Waals surface area contributed by atoms with Gasteiger partial charge >= 0.3 is 0 Å². The number of para-hydroxylation sites is 1. The van der Waals surface area contributed by atoms with Crippen LogP contribution in [0.3, 0.4) is 0 Å². The molecule has 0 amide bonds. The molecule has 1 aromatic heterocycles. The Morgan fingerprint density at radius 1 is 1.08 bits per heavy atom. The van der Waals surface area contributed by atoms with Gasteiger partial charge in [-0.1, -0.05) is 18.2 Å². The second kappa shape index (κ2) is 6.13. The van der Waals surface area contributed by atoms with Gasteiger partial charge in [0.25, 0.3) is 0 Å². The van der Waals surface area contributed by atoms with Crippen LogP contribution in [-0.2, 0) is 9.84 Å². The Morgan fingerprint density at radius 3 is 2.42 bits per heavy atom. The van der Waals surface area contributed by atoms with Gasteiger partial charge in [0.15, 0.2) is 15.9 Å². The number of hydrogen-bond donors (Lipinski definition) is 1. The average molecular weight is 343 g/mol. The van der Waals surface area contributed by atoms with Crippen molar-refractivity contribution < 1.29 is 17.9 Å². The minimum absolute atomic E-state index is 0.139. The molecule has 0 spiro atoms. The standard InChI is InChI=1S/C18H17NO4S/c1-12(23-13-7-9-14(10-8-13)24(2,21)22)18(20)16-11-19-17-6-4-3-5-15(16)17/h3-12,19H,1-2H3/t12-/m0/s1. The number of carbonyl (C=O) groups excluding carboxylic acids is 1. The van der Waals surface area contributed by atoms with E-state index in [0.29, 0.717) is 11.3 Å². The molecule has 5 nitrogen and oxygen atoms in total. The molecule has 0 saturated heterocycles. The number of aromatic amines is 1. The summed E-state index contributed by atoms with van der Waals surface area (Å²) in [5, 5.41) is 0.852. The van der Waals surface area contributed by atoms with Crippen LogP contribution < -0.4 is 4.74 Å². The summed E-state index contributed by atoms with van der Waals surface area (Å²) in [7, 11) is -3.25. The van der Waals surface area contributed by atoms with E-state index >= 15 is 0 Å². The van der Waals surface area contributed by atoms with Crippen LogP contribution in [0.4, 0.5) is 0 Å². The fourth-order valence-corrected chi connectivity index (χ4v) is 3.15. The van der Waals surface area contributed by atoms with E-state index in [1.807, 2.05) is 24.3 Å². The topological polar surface area (TPSA) is 76.2 Å². The van der Waals surface area contributed by atoms with E-state index in [9.17, 15) is 13.2 Å². The summed E-state index contributed by atoms with van der Waals surface area (Å²) in [6, 6.07) is 13.6. The van der Waals surface area contributed by atoms with E-state index < -0.39 is 15.9 Å². The molecular formula is C18H17NO4S. The predicted molar refractivity (Wildman–Crippen MR) is 92.3 cm³/mol. The number of benzene rings is 2. The normalized spacial score (nSPS) is 12.9. The van der Waals surface area contributed by atoms with Crippen LogP contribution in [0.25, 0.3) is 10.9 Å². The lowest BCUT2D eigenvalue weighted by atomic mass is 10.1. The van der Waals surface area contributed by atoms with Crippen molar-refractivity contribution in [2.75, 3.05) is 6.26 Å². The van der Waals surface area contributed by atoms with Crippen molar-refractivity contribution in [3.8, 4) is 5.75 Å². The van der Waals surface area contributed by atoms with Crippen LogP contribution >= 0.6 is 0 Å². The molecule has 1 heterocycles. The summed E-state index contributed by atoms with van der Waals surface area (Å²) in [6.07, 6.45) is 2.14. The summed E-state index contributed by atoms with van der Waals surface area (Å²) < 4.78 is 28.6. The molecule has 0 bridgehead atoms. The number of sulfone groups is 1. The zero-order chi connectivity index (χ0) is 17.3. The lowest BCUT2D eigenvalue weighted by Gasteiger charge is -2.13. The van der Waals surface area contributed by atoms with Gasteiger partial charge < -0.3 is 9.72 Å². The van der Waals surface area contributed by atoms with Crippen molar-refractivity contribution in [3.05, 3.63) is 60.3 Å². The molecule has 124 valence electrons. The molecule has 0 unspecified atom stereocenters. The summed E-state index contributed by atoms with van der Waals surface area (Å²) >= 11 is 0. The predicted octanol–water partition coefficient (Wildman–Crippen LogP) is 3.22. The molecule has 2 aromatic carbocycles. The molecule has 1 atom stereocenters. The number of hydrogen-bond acceptors (Lipinski definition) is 4. The highest BCUT2D eigenvalue weighted by molar-refractivity contribution is 7.90. The number of ether oxygens (including phenoxy) is 1. The first kappa shape index (κ1) is 16.3. The van der Waals surface area contributed by atoms with E-state index in [2.05, 4.69) is 4.98 Å². The number of ketones is 1. The van der Waals surface area contributed by atoms with Crippen molar-refractivity contribution in [1.82, 2.24) is 4.98 Å². The Labute approximate surface area is 140 Å². The molecule has 1 N–H and O–H groups in total. The highest BCUT2D eigenvalue weighted by Crippen LogP contribution is 2.22. The van der Waals surface area contributed by atoms with Gasteiger partial charge in [-0.15, -0.1) is 0 Å². The molecule has 0 aliphatic heterocycles. The maximum atomic E-state index is 12.6. The van der Waals surface area contributed by atoms with E-state index in [-0.39, 0.29) is 10.7 Å². The third kappa shape index (κ3) is 3.19. The van der Waals surface area contributed by atoms with E-state index in [4.69, 9.17) is 4.74 Å². The third-order valence-electron chi connectivity index (χ3n) is 3.79. The number of nitrogens with one attached hydrogen (secondary N) is 1. The summed E-state index contributed by atoms with van der Waals surface area (Å²) in [6.45, 7) is 1.68. The Morgan fingerprint density at radius 2 is 1.75 bits per heavy atom. The number of carbonyl (C=O) groups is 1. The van der Waals surface area contributed by atoms with Crippen LogP contribution in [-0.4, -0.2) is 31.5 Å². The number of aromatic nitrogens is 1. The van der Waals surface area contributed by atoms with Gasteiger partial charge in [-0.2, -0.15) is 0 Å². The Bertz CT molecular complexity index is 987. The van der Waals surface area contributed by atoms with E-state index in [1.165, 1.54) is 12.1 Å². The van der Waals surface area contributed by atoms with Gasteiger partial charge in [-0.25, -0.2) is 8.42 Å². The number of Topliss-reactive ketones (excluding diaryl/α,β-unsaturated/α-hetero) is 1. The molecule has 0 fully saturated rings. The van der Waals surface area contributed by atoms with Gasteiger partial charge in [0, 0.05) is 28.9 Å². The zero-order valence-corrected chi connectivity index (χ0v) is 14.1. The van der Waals surface area contributed by atoms with E-state index in [0.717, 1.165) is 17.2 Å². The van der Waals surface area contributed by atoms with Crippen LogP contribution in [0.1, 0.15) is 17.3 Å². The van der Waals surface area contributed by atoms with Crippen molar-refractivity contribution in [3.63, 3.8) is 0 Å². The summed E-state index contributed by atoms with van der Waals surface area (Å²) in [5.74, 6) is 0.308. The maximum Gasteiger partial charge on any atom is 0.205 e. The fraction of sp³-hybridized carbons (Fsp3) is 0.167. The van der Waals surface area contributed by atoms with Crippen LogP contribution in [0.2, 0.25) is 0 Å². The van der Waals surface area contributed by atoms with Gasteiger partial charge in [0.2, 0.25) is 5.78 Å². The SMILES string of the molecule is C[C@H](Oc1ccc(S(C)(=O)=O)cc1)C(=O)c1c[nH]c2ccccc12. The van der Waals surface area contributed by atoms with Crippen LogP contribution in [0, 0.1) is 0 Å². The van der Waals surface area contributed by atoms with Crippen molar-refractivity contribution in [2.24, 2.45) is 0 Å². The van der Waals surface area contributed by atoms with Crippen molar-refractivity contribution in [2.45, 2.75) is 17.9 Å². The van der Waals surface area contributed by atoms with Crippen LogP contribution in [0.5, 0.6) is 5.75 Å². The molecule has 6 heteroatoms. The first-order chi connectivity index (χ1) is 11.4. The molecular weight excluding hydrogens is 326 g/mol. The molecule has 3 aromatic rings. The third-order valence-corrected chi connectivity index (χ3v) is 4.92. The largest absolute Gasteiger partial charge is 0.483 e. The second-order valence-corrected chi connectivity index (χ2v) is 7.63. The highest BCUT2D eigenvalue weighted by atomic mass is 32.2. The Kier molecular flexibility index (Phi) is 4.15. The number of H-pyrrole nitrogens is 1. The van der Waals surface area contributed by atoms with Crippen LogP contribution in [0.15, 0.2) is 59.6 Å². The highest BCUT2D eigenvalue weighted by Gasteiger charge is 2.20. The monoisotopic (exact) mass is 343 g/mol. The van der Waals surface area contributed by atoms with Gasteiger partial charge in [0.05, 0.1) is 4.90 Å². The molecule has 0 saturated carbocycles. The smallest absolute Gasteiger partial charge is 0.205 e. The van der Waals surface area contributed by atoms with Gasteiger partial charge in [-0.05, 0) is 37.3 Å². The molecule has 0 aliphatic rings. The summed E-state index contributed by atoms with van der Waals surface area (Å²) in [4.78, 5) is 15.9. The van der Waals surface area contributed by atoms with Gasteiger partial charge in [-0.3, -0.25) is 4.79 Å². The van der Waals surface area contributed by atoms with Gasteiger partial charge in [0.1, 0.15) is 5.75 Å². The lowest BCUT2D eigenvalue weighted by Crippen LogP contribution is -2.23. The minimum atomic E-state index is -3.25. The number of fused-ring (bicyclic) bond motifs is 1. The zero-order valence-electron chi connectivity index (χ0n) is 13.3. The van der Waals surface area contributed by atoms with Crippen molar-refractivity contribution >= 4 is 26.5 Å². The minimum Gasteiger partial charge on any atom is -0.483 e. The van der Waals surface area contributed by atoms with Crippen molar-refractivity contribution in [1.29, 1.82) is 0 Å². The first-order valence-electron chi connectivity index (χ1n) is 7.43. The fourth-order valence-electron chi connectivity index (χ4n) is 2.52. The first-order valence-corrected chi connectivity index (χ1v) is 9.32. The Hall–Kier alpha value is -2.60. The maximum absolute atomic E-state index is 12.6. The molecule has 0 radical (unpaired) electrons. The molecule has 3 rings (SSSR count). The lowest BCUT2D eigenvalue weighted by molar-refractivity contribution is 0.0820.